The fourth-order valence-corrected chi connectivity index (χ4v) is 3.27. The van der Waals surface area contributed by atoms with Crippen LogP contribution in [-0.4, -0.2) is 33.8 Å². The Morgan fingerprint density at radius 1 is 1.15 bits per heavy atom. The van der Waals surface area contributed by atoms with E-state index >= 15 is 0 Å². The number of amides is 2. The van der Waals surface area contributed by atoms with Crippen molar-refractivity contribution in [3.05, 3.63) is 59.9 Å². The van der Waals surface area contributed by atoms with Crippen LogP contribution in [0.2, 0.25) is 0 Å². The summed E-state index contributed by atoms with van der Waals surface area (Å²) in [6, 6.07) is 14.4. The molecule has 0 saturated carbocycles. The normalized spacial score (nSPS) is 11.9. The average molecular weight is 382 g/mol. The quantitative estimate of drug-likeness (QED) is 0.581. The van der Waals surface area contributed by atoms with Gasteiger partial charge in [0.15, 0.2) is 0 Å². The van der Waals surface area contributed by atoms with Crippen LogP contribution in [0.3, 0.4) is 0 Å². The highest BCUT2D eigenvalue weighted by molar-refractivity contribution is 7.98. The third-order valence-electron chi connectivity index (χ3n) is 4.12. The SMILES string of the molecule is CSCCC(NC(=O)c1ccc(NC(C)=O)cc1)c1nc2ccccc2[nH]1. The summed E-state index contributed by atoms with van der Waals surface area (Å²) < 4.78 is 0. The topological polar surface area (TPSA) is 86.9 Å². The van der Waals surface area contributed by atoms with Gasteiger partial charge in [-0.15, -0.1) is 0 Å². The second-order valence-electron chi connectivity index (χ2n) is 6.21. The molecule has 3 aromatic rings. The average Bonchev–Trinajstić information content (AvgIpc) is 3.09. The van der Waals surface area contributed by atoms with Crippen LogP contribution in [0.1, 0.15) is 35.6 Å². The number of nitrogens with zero attached hydrogens (tertiary/aromatic N) is 1. The van der Waals surface area contributed by atoms with E-state index < -0.39 is 0 Å². The van der Waals surface area contributed by atoms with Gasteiger partial charge in [-0.2, -0.15) is 11.8 Å². The number of H-pyrrole nitrogens is 1. The molecule has 6 nitrogen and oxygen atoms in total. The van der Waals surface area contributed by atoms with Crippen molar-refractivity contribution in [1.82, 2.24) is 15.3 Å². The molecule has 0 spiro atoms. The standard InChI is InChI=1S/C20H22N4O2S/c1-13(25)21-15-9-7-14(8-10-15)20(26)24-18(11-12-27-2)19-22-16-5-3-4-6-17(16)23-19/h3-10,18H,11-12H2,1-2H3,(H,21,25)(H,22,23)(H,24,26). The number of para-hydroxylation sites is 2. The molecule has 2 aromatic carbocycles. The number of imidazole rings is 1. The van der Waals surface area contributed by atoms with Gasteiger partial charge in [0, 0.05) is 18.2 Å². The van der Waals surface area contributed by atoms with Crippen molar-refractivity contribution in [2.24, 2.45) is 0 Å². The lowest BCUT2D eigenvalue weighted by Crippen LogP contribution is -2.29. The molecule has 3 N–H and O–H groups in total. The number of aromatic amines is 1. The minimum Gasteiger partial charge on any atom is -0.342 e. The van der Waals surface area contributed by atoms with Crippen LogP contribution in [-0.2, 0) is 4.79 Å². The number of hydrogen-bond donors (Lipinski definition) is 3. The van der Waals surface area contributed by atoms with Gasteiger partial charge in [-0.3, -0.25) is 9.59 Å². The van der Waals surface area contributed by atoms with Crippen molar-refractivity contribution in [2.75, 3.05) is 17.3 Å². The van der Waals surface area contributed by atoms with E-state index in [1.807, 2.05) is 30.5 Å². The number of aromatic nitrogens is 2. The third kappa shape index (κ3) is 4.89. The van der Waals surface area contributed by atoms with E-state index in [4.69, 9.17) is 0 Å². The molecule has 0 aliphatic carbocycles. The van der Waals surface area contributed by atoms with Crippen LogP contribution in [0.15, 0.2) is 48.5 Å². The predicted molar refractivity (Wildman–Crippen MR) is 110 cm³/mol. The predicted octanol–water partition coefficient (Wildman–Crippen LogP) is 3.75. The van der Waals surface area contributed by atoms with Gasteiger partial charge in [0.1, 0.15) is 5.82 Å². The van der Waals surface area contributed by atoms with Crippen molar-refractivity contribution in [1.29, 1.82) is 0 Å². The number of nitrogens with one attached hydrogen (secondary N) is 3. The van der Waals surface area contributed by atoms with E-state index in [0.29, 0.717) is 11.3 Å². The lowest BCUT2D eigenvalue weighted by Gasteiger charge is -2.16. The van der Waals surface area contributed by atoms with E-state index in [1.54, 1.807) is 36.0 Å². The monoisotopic (exact) mass is 382 g/mol. The highest BCUT2D eigenvalue weighted by atomic mass is 32.2. The van der Waals surface area contributed by atoms with Crippen molar-refractivity contribution in [3.8, 4) is 0 Å². The van der Waals surface area contributed by atoms with Crippen molar-refractivity contribution in [2.45, 2.75) is 19.4 Å². The zero-order valence-corrected chi connectivity index (χ0v) is 16.1. The van der Waals surface area contributed by atoms with E-state index in [2.05, 4.69) is 20.6 Å². The van der Waals surface area contributed by atoms with Gasteiger partial charge >= 0.3 is 0 Å². The molecule has 0 saturated heterocycles. The van der Waals surface area contributed by atoms with Crippen LogP contribution < -0.4 is 10.6 Å². The highest BCUT2D eigenvalue weighted by Gasteiger charge is 2.19. The van der Waals surface area contributed by atoms with Gasteiger partial charge in [-0.25, -0.2) is 4.98 Å². The van der Waals surface area contributed by atoms with Crippen LogP contribution >= 0.6 is 11.8 Å². The maximum atomic E-state index is 12.7. The Hall–Kier alpha value is -2.80. The molecule has 0 radical (unpaired) electrons. The van der Waals surface area contributed by atoms with Gasteiger partial charge in [0.25, 0.3) is 5.91 Å². The van der Waals surface area contributed by atoms with Gasteiger partial charge in [-0.1, -0.05) is 12.1 Å². The van der Waals surface area contributed by atoms with E-state index in [9.17, 15) is 9.59 Å². The summed E-state index contributed by atoms with van der Waals surface area (Å²) in [6.45, 7) is 1.45. The molecule has 2 amide bonds. The molecule has 1 heterocycles. The summed E-state index contributed by atoms with van der Waals surface area (Å²) in [5, 5.41) is 5.76. The Morgan fingerprint density at radius 2 is 1.89 bits per heavy atom. The number of hydrogen-bond acceptors (Lipinski definition) is 4. The zero-order chi connectivity index (χ0) is 19.2. The van der Waals surface area contributed by atoms with Gasteiger partial charge in [0.05, 0.1) is 17.1 Å². The highest BCUT2D eigenvalue weighted by Crippen LogP contribution is 2.21. The van der Waals surface area contributed by atoms with Gasteiger partial charge in [0.2, 0.25) is 5.91 Å². The maximum Gasteiger partial charge on any atom is 0.251 e. The largest absolute Gasteiger partial charge is 0.342 e. The Bertz CT molecular complexity index is 904. The summed E-state index contributed by atoms with van der Waals surface area (Å²) in [5.41, 5.74) is 3.04. The minimum atomic E-state index is -0.202. The first-order chi connectivity index (χ1) is 13.1. The van der Waals surface area contributed by atoms with Crippen LogP contribution in [0.4, 0.5) is 5.69 Å². The van der Waals surface area contributed by atoms with E-state index in [-0.39, 0.29) is 17.9 Å². The molecule has 0 bridgehead atoms. The first kappa shape index (κ1) is 19.0. The van der Waals surface area contributed by atoms with Gasteiger partial charge in [-0.05, 0) is 54.8 Å². The molecule has 140 valence electrons. The zero-order valence-electron chi connectivity index (χ0n) is 15.3. The molecule has 1 unspecified atom stereocenters. The fourth-order valence-electron chi connectivity index (χ4n) is 2.80. The molecule has 0 aliphatic rings. The molecule has 0 fully saturated rings. The number of benzene rings is 2. The smallest absolute Gasteiger partial charge is 0.251 e. The first-order valence-corrected chi connectivity index (χ1v) is 10.1. The number of thioether (sulfide) groups is 1. The molecular formula is C20H22N4O2S. The molecule has 27 heavy (non-hydrogen) atoms. The Kier molecular flexibility index (Phi) is 6.13. The van der Waals surface area contributed by atoms with Crippen LogP contribution in [0.5, 0.6) is 0 Å². The first-order valence-electron chi connectivity index (χ1n) is 8.69. The van der Waals surface area contributed by atoms with Crippen molar-refractivity contribution in [3.63, 3.8) is 0 Å². The Morgan fingerprint density at radius 3 is 2.56 bits per heavy atom. The summed E-state index contributed by atoms with van der Waals surface area (Å²) in [6.07, 6.45) is 2.81. The van der Waals surface area contributed by atoms with Crippen LogP contribution in [0, 0.1) is 0 Å². The number of carbonyl (C=O) groups is 2. The molecular weight excluding hydrogens is 360 g/mol. The molecule has 0 aliphatic heterocycles. The third-order valence-corrected chi connectivity index (χ3v) is 4.77. The lowest BCUT2D eigenvalue weighted by atomic mass is 10.1. The van der Waals surface area contributed by atoms with Crippen molar-refractivity contribution < 1.29 is 9.59 Å². The molecule has 1 atom stereocenters. The lowest BCUT2D eigenvalue weighted by molar-refractivity contribution is -0.114. The summed E-state index contributed by atoms with van der Waals surface area (Å²) in [7, 11) is 0. The second-order valence-corrected chi connectivity index (χ2v) is 7.19. The molecule has 1 aromatic heterocycles. The van der Waals surface area contributed by atoms with Crippen LogP contribution in [0.25, 0.3) is 11.0 Å². The molecule has 7 heteroatoms. The number of fused-ring (bicyclic) bond motifs is 1. The number of anilines is 1. The number of rotatable bonds is 7. The summed E-state index contributed by atoms with van der Waals surface area (Å²) in [4.78, 5) is 31.7. The van der Waals surface area contributed by atoms with E-state index in [0.717, 1.165) is 29.0 Å². The summed E-state index contributed by atoms with van der Waals surface area (Å²) in [5.74, 6) is 1.35. The maximum absolute atomic E-state index is 12.7. The summed E-state index contributed by atoms with van der Waals surface area (Å²) >= 11 is 1.73. The number of carbonyl (C=O) groups excluding carboxylic acids is 2. The Labute approximate surface area is 162 Å². The second kappa shape index (κ2) is 8.73. The van der Waals surface area contributed by atoms with Crippen molar-refractivity contribution >= 4 is 40.3 Å². The fraction of sp³-hybridized carbons (Fsp3) is 0.250. The minimum absolute atomic E-state index is 0.144. The Balaban J connectivity index is 1.77. The van der Waals surface area contributed by atoms with E-state index in [1.165, 1.54) is 6.92 Å². The molecule has 3 rings (SSSR count). The van der Waals surface area contributed by atoms with Gasteiger partial charge < -0.3 is 15.6 Å².